The molecule has 0 fully saturated rings. The molecule has 120 valence electrons. The fourth-order valence-corrected chi connectivity index (χ4v) is 3.65. The quantitative estimate of drug-likeness (QED) is 0.427. The van der Waals surface area contributed by atoms with E-state index >= 15 is 0 Å². The van der Waals surface area contributed by atoms with E-state index in [4.69, 9.17) is 5.73 Å². The molecular weight excluding hydrogens is 322 g/mol. The van der Waals surface area contributed by atoms with Crippen LogP contribution in [0.25, 0.3) is 11.0 Å². The normalized spacial score (nSPS) is 15.0. The van der Waals surface area contributed by atoms with E-state index in [1.807, 2.05) is 53.1 Å². The summed E-state index contributed by atoms with van der Waals surface area (Å²) in [6.07, 6.45) is 0. The predicted molar refractivity (Wildman–Crippen MR) is 98.2 cm³/mol. The lowest BCUT2D eigenvalue weighted by atomic mass is 10.0. The number of fused-ring (bicyclic) bond motifs is 1. The van der Waals surface area contributed by atoms with Crippen LogP contribution in [0, 0.1) is 0 Å². The van der Waals surface area contributed by atoms with Gasteiger partial charge in [-0.2, -0.15) is 0 Å². The van der Waals surface area contributed by atoms with Crippen LogP contribution in [0.3, 0.4) is 0 Å². The van der Waals surface area contributed by atoms with Crippen LogP contribution >= 0.6 is 11.8 Å². The van der Waals surface area contributed by atoms with Gasteiger partial charge in [0, 0.05) is 16.9 Å². The topological polar surface area (TPSA) is 88.8 Å². The molecule has 6 nitrogen and oxygen atoms in total. The number of hydrogen-bond acceptors (Lipinski definition) is 6. The Morgan fingerprint density at radius 2 is 2.00 bits per heavy atom. The number of anilines is 1. The molecule has 4 rings (SSSR count). The third kappa shape index (κ3) is 2.43. The van der Waals surface area contributed by atoms with Gasteiger partial charge in [0.25, 0.3) is 0 Å². The zero-order chi connectivity index (χ0) is 16.5. The van der Waals surface area contributed by atoms with E-state index in [9.17, 15) is 5.21 Å². The first kappa shape index (κ1) is 14.8. The van der Waals surface area contributed by atoms with Crippen molar-refractivity contribution < 1.29 is 5.21 Å². The van der Waals surface area contributed by atoms with Crippen molar-refractivity contribution in [2.24, 2.45) is 10.1 Å². The van der Waals surface area contributed by atoms with Crippen LogP contribution < -0.4 is 5.73 Å². The standard InChI is InChI=1S/C17H15N5OS/c18-16-20-13-7-6-12(15(21-23)11-4-2-1-3-5-11)10-14(13)22(16)17-19-8-9-24-17/h1-7,10,23H,8-9H2,(H2,18,20)/b21-15+. The Kier molecular flexibility index (Phi) is 3.70. The van der Waals surface area contributed by atoms with Crippen LogP contribution in [0.15, 0.2) is 58.7 Å². The number of aliphatic imine (C=N–C) groups is 1. The van der Waals surface area contributed by atoms with Crippen LogP contribution in [0.4, 0.5) is 5.95 Å². The summed E-state index contributed by atoms with van der Waals surface area (Å²) in [5.41, 5.74) is 9.86. The largest absolute Gasteiger partial charge is 0.410 e. The van der Waals surface area contributed by atoms with Crippen LogP contribution in [-0.4, -0.2) is 37.9 Å². The van der Waals surface area contributed by atoms with E-state index < -0.39 is 0 Å². The zero-order valence-electron chi connectivity index (χ0n) is 12.8. The fourth-order valence-electron chi connectivity index (χ4n) is 2.78. The van der Waals surface area contributed by atoms with Crippen LogP contribution in [0.2, 0.25) is 0 Å². The molecule has 3 aromatic rings. The third-order valence-electron chi connectivity index (χ3n) is 3.86. The monoisotopic (exact) mass is 337 g/mol. The molecule has 1 aliphatic heterocycles. The van der Waals surface area contributed by atoms with Gasteiger partial charge in [-0.15, -0.1) is 0 Å². The average Bonchev–Trinajstić information content (AvgIpc) is 3.23. The zero-order valence-corrected chi connectivity index (χ0v) is 13.6. The minimum absolute atomic E-state index is 0.414. The molecule has 24 heavy (non-hydrogen) atoms. The first-order valence-electron chi connectivity index (χ1n) is 7.51. The molecule has 3 N–H and O–H groups in total. The van der Waals surface area contributed by atoms with Crippen molar-refractivity contribution in [3.63, 3.8) is 0 Å². The molecule has 0 amide bonds. The molecule has 0 unspecified atom stereocenters. The molecular formula is C17H15N5OS. The van der Waals surface area contributed by atoms with Gasteiger partial charge in [-0.05, 0) is 12.1 Å². The molecule has 7 heteroatoms. The predicted octanol–water partition coefficient (Wildman–Crippen LogP) is 2.80. The molecule has 0 spiro atoms. The number of thioether (sulfide) groups is 1. The summed E-state index contributed by atoms with van der Waals surface area (Å²) in [7, 11) is 0. The highest BCUT2D eigenvalue weighted by Crippen LogP contribution is 2.25. The first-order chi connectivity index (χ1) is 11.8. The van der Waals surface area contributed by atoms with Crippen molar-refractivity contribution in [3.05, 3.63) is 59.7 Å². The number of rotatable bonds is 2. The van der Waals surface area contributed by atoms with Crippen molar-refractivity contribution in [2.45, 2.75) is 0 Å². The third-order valence-corrected chi connectivity index (χ3v) is 4.82. The van der Waals surface area contributed by atoms with E-state index in [1.165, 1.54) is 0 Å². The summed E-state index contributed by atoms with van der Waals surface area (Å²) >= 11 is 1.66. The number of hydrogen-bond donors (Lipinski definition) is 2. The molecule has 0 atom stereocenters. The fraction of sp³-hybridized carbons (Fsp3) is 0.118. The number of nitrogen functional groups attached to an aromatic ring is 1. The lowest BCUT2D eigenvalue weighted by molar-refractivity contribution is 0.319. The van der Waals surface area contributed by atoms with E-state index in [-0.39, 0.29) is 0 Å². The number of oxime groups is 1. The summed E-state index contributed by atoms with van der Waals surface area (Å²) in [6.45, 7) is 0.784. The Labute approximate surface area is 142 Å². The minimum atomic E-state index is 0.414. The SMILES string of the molecule is Nc1nc2ccc(/C(=N/O)c3ccccc3)cc2n1C1=NCCS1. The van der Waals surface area contributed by atoms with Gasteiger partial charge in [0.2, 0.25) is 5.95 Å². The number of aromatic nitrogens is 2. The van der Waals surface area contributed by atoms with Crippen LogP contribution in [-0.2, 0) is 0 Å². The summed E-state index contributed by atoms with van der Waals surface area (Å²) < 4.78 is 1.86. The van der Waals surface area contributed by atoms with Crippen molar-refractivity contribution >= 4 is 39.6 Å². The molecule has 0 bridgehead atoms. The molecule has 0 saturated heterocycles. The first-order valence-corrected chi connectivity index (χ1v) is 8.50. The molecule has 0 saturated carbocycles. The van der Waals surface area contributed by atoms with Gasteiger partial charge in [0.1, 0.15) is 5.71 Å². The van der Waals surface area contributed by atoms with E-state index in [0.717, 1.165) is 39.6 Å². The maximum Gasteiger partial charge on any atom is 0.207 e. The highest BCUT2D eigenvalue weighted by molar-refractivity contribution is 8.14. The second-order valence-electron chi connectivity index (χ2n) is 5.34. The molecule has 0 radical (unpaired) electrons. The minimum Gasteiger partial charge on any atom is -0.410 e. The molecule has 1 aliphatic rings. The van der Waals surface area contributed by atoms with Gasteiger partial charge in [-0.3, -0.25) is 9.56 Å². The number of imidazole rings is 1. The summed E-state index contributed by atoms with van der Waals surface area (Å²) in [5.74, 6) is 1.36. The van der Waals surface area contributed by atoms with Gasteiger partial charge < -0.3 is 10.9 Å². The van der Waals surface area contributed by atoms with Gasteiger partial charge in [-0.25, -0.2) is 4.98 Å². The van der Waals surface area contributed by atoms with Gasteiger partial charge in [0.05, 0.1) is 17.6 Å². The van der Waals surface area contributed by atoms with Crippen molar-refractivity contribution in [3.8, 4) is 0 Å². The molecule has 1 aromatic heterocycles. The van der Waals surface area contributed by atoms with Crippen LogP contribution in [0.1, 0.15) is 11.1 Å². The molecule has 2 aromatic carbocycles. The number of benzene rings is 2. The van der Waals surface area contributed by atoms with Gasteiger partial charge >= 0.3 is 0 Å². The van der Waals surface area contributed by atoms with Crippen molar-refractivity contribution in [1.82, 2.24) is 9.55 Å². The van der Waals surface area contributed by atoms with E-state index in [0.29, 0.717) is 11.7 Å². The van der Waals surface area contributed by atoms with Crippen molar-refractivity contribution in [2.75, 3.05) is 18.0 Å². The number of nitrogens with two attached hydrogens (primary N) is 1. The van der Waals surface area contributed by atoms with Crippen LogP contribution in [0.5, 0.6) is 0 Å². The molecule has 0 aliphatic carbocycles. The Hall–Kier alpha value is -2.80. The Bertz CT molecular complexity index is 962. The summed E-state index contributed by atoms with van der Waals surface area (Å²) in [5, 5.41) is 13.8. The van der Waals surface area contributed by atoms with Gasteiger partial charge in [-0.1, -0.05) is 53.3 Å². The highest BCUT2D eigenvalue weighted by Gasteiger charge is 2.18. The smallest absolute Gasteiger partial charge is 0.207 e. The van der Waals surface area contributed by atoms with Gasteiger partial charge in [0.15, 0.2) is 5.17 Å². The highest BCUT2D eigenvalue weighted by atomic mass is 32.2. The lowest BCUT2D eigenvalue weighted by Crippen LogP contribution is -2.10. The Morgan fingerprint density at radius 3 is 2.71 bits per heavy atom. The Balaban J connectivity index is 1.87. The summed E-state index contributed by atoms with van der Waals surface area (Å²) in [4.78, 5) is 8.89. The van der Waals surface area contributed by atoms with Crippen molar-refractivity contribution in [1.29, 1.82) is 0 Å². The molecule has 2 heterocycles. The van der Waals surface area contributed by atoms with E-state index in [1.54, 1.807) is 11.8 Å². The summed E-state index contributed by atoms with van der Waals surface area (Å²) in [6, 6.07) is 15.2. The van der Waals surface area contributed by atoms with E-state index in [2.05, 4.69) is 15.1 Å². The Morgan fingerprint density at radius 1 is 1.17 bits per heavy atom. The maximum absolute atomic E-state index is 9.50. The second-order valence-corrected chi connectivity index (χ2v) is 6.40. The average molecular weight is 337 g/mol. The number of nitrogens with zero attached hydrogens (tertiary/aromatic N) is 4. The maximum atomic E-state index is 9.50. The second kappa shape index (κ2) is 6.01. The lowest BCUT2D eigenvalue weighted by Gasteiger charge is -2.07.